The predicted octanol–water partition coefficient (Wildman–Crippen LogP) is 1.81. The van der Waals surface area contributed by atoms with E-state index in [1.54, 1.807) is 23.7 Å². The van der Waals surface area contributed by atoms with Crippen LogP contribution in [0.2, 0.25) is 0 Å². The molecular formula is C17H17N5OS. The Kier molecular flexibility index (Phi) is 3.09. The van der Waals surface area contributed by atoms with Gasteiger partial charge in [0, 0.05) is 43.4 Å². The van der Waals surface area contributed by atoms with Crippen LogP contribution in [0.15, 0.2) is 36.1 Å². The zero-order valence-corrected chi connectivity index (χ0v) is 13.9. The summed E-state index contributed by atoms with van der Waals surface area (Å²) in [4.78, 5) is 22.9. The molecule has 0 aliphatic carbocycles. The van der Waals surface area contributed by atoms with Gasteiger partial charge in [0.1, 0.15) is 5.52 Å². The molecule has 2 aliphatic heterocycles. The molecule has 5 rings (SSSR count). The Morgan fingerprint density at radius 1 is 1.25 bits per heavy atom. The molecule has 0 aromatic carbocycles. The first kappa shape index (κ1) is 14.0. The molecule has 0 bridgehead atoms. The molecule has 7 heteroatoms. The van der Waals surface area contributed by atoms with Gasteiger partial charge in [-0.05, 0) is 29.5 Å². The van der Waals surface area contributed by atoms with Crippen LogP contribution in [0.1, 0.15) is 10.4 Å². The Morgan fingerprint density at radius 2 is 2.17 bits per heavy atom. The van der Waals surface area contributed by atoms with E-state index in [0.717, 1.165) is 43.9 Å². The molecule has 2 aliphatic rings. The number of carbonyl (C=O) groups excluding carboxylic acids is 1. The van der Waals surface area contributed by atoms with E-state index in [9.17, 15) is 4.79 Å². The molecule has 6 nitrogen and oxygen atoms in total. The summed E-state index contributed by atoms with van der Waals surface area (Å²) >= 11 is 1.80. The molecule has 0 spiro atoms. The van der Waals surface area contributed by atoms with Crippen molar-refractivity contribution in [2.45, 2.75) is 13.0 Å². The lowest BCUT2D eigenvalue weighted by molar-refractivity contribution is -0.137. The Hall–Kier alpha value is -2.41. The van der Waals surface area contributed by atoms with Gasteiger partial charge >= 0.3 is 0 Å². The number of nitrogens with zero attached hydrogens (tertiary/aromatic N) is 5. The van der Waals surface area contributed by atoms with Crippen LogP contribution in [-0.4, -0.2) is 45.0 Å². The SMILES string of the molecule is O=C(C1CN(c2nccn3nccc23)C1)N1CCc2sccc2C1. The maximum absolute atomic E-state index is 12.8. The van der Waals surface area contributed by atoms with Crippen molar-refractivity contribution in [2.24, 2.45) is 5.92 Å². The number of hydrogen-bond donors (Lipinski definition) is 0. The highest BCUT2D eigenvalue weighted by Gasteiger charge is 2.37. The highest BCUT2D eigenvalue weighted by Crippen LogP contribution is 2.30. The zero-order valence-electron chi connectivity index (χ0n) is 13.1. The average Bonchev–Trinajstić information content (AvgIpc) is 3.21. The summed E-state index contributed by atoms with van der Waals surface area (Å²) in [5, 5.41) is 6.37. The van der Waals surface area contributed by atoms with E-state index in [-0.39, 0.29) is 11.8 Å². The zero-order chi connectivity index (χ0) is 16.1. The summed E-state index contributed by atoms with van der Waals surface area (Å²) < 4.78 is 1.82. The number of anilines is 1. The van der Waals surface area contributed by atoms with Crippen molar-refractivity contribution in [2.75, 3.05) is 24.5 Å². The normalized spacial score (nSPS) is 17.8. The van der Waals surface area contributed by atoms with Gasteiger partial charge in [-0.1, -0.05) is 0 Å². The van der Waals surface area contributed by atoms with Crippen LogP contribution in [-0.2, 0) is 17.8 Å². The Balaban J connectivity index is 1.28. The van der Waals surface area contributed by atoms with E-state index in [2.05, 4.69) is 26.4 Å². The number of thiophene rings is 1. The van der Waals surface area contributed by atoms with E-state index in [1.165, 1.54) is 10.4 Å². The molecular weight excluding hydrogens is 322 g/mol. The number of fused-ring (bicyclic) bond motifs is 2. The van der Waals surface area contributed by atoms with E-state index in [1.807, 2.05) is 21.7 Å². The van der Waals surface area contributed by atoms with Crippen molar-refractivity contribution < 1.29 is 4.79 Å². The van der Waals surface area contributed by atoms with Crippen molar-refractivity contribution >= 4 is 28.6 Å². The highest BCUT2D eigenvalue weighted by atomic mass is 32.1. The number of hydrogen-bond acceptors (Lipinski definition) is 5. The molecule has 0 radical (unpaired) electrons. The van der Waals surface area contributed by atoms with Crippen molar-refractivity contribution in [1.29, 1.82) is 0 Å². The van der Waals surface area contributed by atoms with Gasteiger partial charge in [0.15, 0.2) is 5.82 Å². The van der Waals surface area contributed by atoms with Gasteiger partial charge in [0.2, 0.25) is 5.91 Å². The minimum absolute atomic E-state index is 0.0789. The highest BCUT2D eigenvalue weighted by molar-refractivity contribution is 7.10. The van der Waals surface area contributed by atoms with Crippen molar-refractivity contribution in [3.8, 4) is 0 Å². The molecule has 24 heavy (non-hydrogen) atoms. The Labute approximate surface area is 143 Å². The van der Waals surface area contributed by atoms with Gasteiger partial charge in [0.05, 0.1) is 12.1 Å². The first-order valence-corrected chi connectivity index (χ1v) is 9.05. The third kappa shape index (κ3) is 2.11. The number of aromatic nitrogens is 3. The number of amides is 1. The van der Waals surface area contributed by atoms with Crippen molar-refractivity contribution in [3.05, 3.63) is 46.5 Å². The van der Waals surface area contributed by atoms with Crippen LogP contribution in [0.25, 0.3) is 5.52 Å². The fraction of sp³-hybridized carbons (Fsp3) is 0.353. The molecule has 0 atom stereocenters. The molecule has 0 N–H and O–H groups in total. The molecule has 0 saturated carbocycles. The van der Waals surface area contributed by atoms with Crippen molar-refractivity contribution in [1.82, 2.24) is 19.5 Å². The second kappa shape index (κ2) is 5.31. The average molecular weight is 339 g/mol. The van der Waals surface area contributed by atoms with Gasteiger partial charge in [-0.25, -0.2) is 9.50 Å². The van der Waals surface area contributed by atoms with Crippen LogP contribution >= 0.6 is 11.3 Å². The van der Waals surface area contributed by atoms with Gasteiger partial charge in [-0.2, -0.15) is 5.10 Å². The Morgan fingerprint density at radius 3 is 3.08 bits per heavy atom. The quantitative estimate of drug-likeness (QED) is 0.715. The fourth-order valence-corrected chi connectivity index (χ4v) is 4.48. The van der Waals surface area contributed by atoms with Crippen LogP contribution in [0.3, 0.4) is 0 Å². The van der Waals surface area contributed by atoms with Gasteiger partial charge in [-0.3, -0.25) is 4.79 Å². The molecule has 1 fully saturated rings. The second-order valence-electron chi connectivity index (χ2n) is 6.39. The number of rotatable bonds is 2. The standard InChI is InChI=1S/C17H17N5OS/c23-17(20-6-2-15-12(9-20)3-8-24-15)13-10-21(11-13)16-14-1-4-19-22(14)7-5-18-16/h1,3-5,7-8,13H,2,6,9-11H2. The second-order valence-corrected chi connectivity index (χ2v) is 7.39. The lowest BCUT2D eigenvalue weighted by Gasteiger charge is -2.42. The summed E-state index contributed by atoms with van der Waals surface area (Å²) in [6.45, 7) is 3.09. The summed E-state index contributed by atoms with van der Waals surface area (Å²) in [5.41, 5.74) is 2.31. The van der Waals surface area contributed by atoms with Crippen LogP contribution in [0.4, 0.5) is 5.82 Å². The maximum Gasteiger partial charge on any atom is 0.229 e. The minimum Gasteiger partial charge on any atom is -0.353 e. The fourth-order valence-electron chi connectivity index (χ4n) is 3.59. The number of carbonyl (C=O) groups is 1. The van der Waals surface area contributed by atoms with E-state index < -0.39 is 0 Å². The van der Waals surface area contributed by atoms with E-state index >= 15 is 0 Å². The van der Waals surface area contributed by atoms with Gasteiger partial charge in [0.25, 0.3) is 0 Å². The molecule has 1 amide bonds. The molecule has 0 unspecified atom stereocenters. The molecule has 122 valence electrons. The smallest absolute Gasteiger partial charge is 0.229 e. The van der Waals surface area contributed by atoms with Crippen LogP contribution < -0.4 is 4.90 Å². The summed E-state index contributed by atoms with van der Waals surface area (Å²) in [5.74, 6) is 1.27. The van der Waals surface area contributed by atoms with E-state index in [4.69, 9.17) is 0 Å². The topological polar surface area (TPSA) is 53.7 Å². The van der Waals surface area contributed by atoms with Crippen molar-refractivity contribution in [3.63, 3.8) is 0 Å². The molecule has 5 heterocycles. The maximum atomic E-state index is 12.8. The third-order valence-corrected chi connectivity index (χ3v) is 5.98. The summed E-state index contributed by atoms with van der Waals surface area (Å²) in [6.07, 6.45) is 6.36. The summed E-state index contributed by atoms with van der Waals surface area (Å²) in [6, 6.07) is 4.11. The Bertz CT molecular complexity index is 910. The summed E-state index contributed by atoms with van der Waals surface area (Å²) in [7, 11) is 0. The molecule has 1 saturated heterocycles. The van der Waals surface area contributed by atoms with Crippen LogP contribution in [0.5, 0.6) is 0 Å². The molecule has 3 aromatic heterocycles. The monoisotopic (exact) mass is 339 g/mol. The first-order valence-electron chi connectivity index (χ1n) is 8.17. The van der Waals surface area contributed by atoms with E-state index in [0.29, 0.717) is 0 Å². The first-order chi connectivity index (χ1) is 11.8. The lowest BCUT2D eigenvalue weighted by atomic mass is 9.97. The van der Waals surface area contributed by atoms with Gasteiger partial charge in [-0.15, -0.1) is 11.3 Å². The van der Waals surface area contributed by atoms with Crippen LogP contribution in [0, 0.1) is 5.92 Å². The third-order valence-electron chi connectivity index (χ3n) is 4.95. The largest absolute Gasteiger partial charge is 0.353 e. The molecule has 3 aromatic rings. The minimum atomic E-state index is 0.0789. The lowest BCUT2D eigenvalue weighted by Crippen LogP contribution is -2.55. The predicted molar refractivity (Wildman–Crippen MR) is 92.1 cm³/mol. The van der Waals surface area contributed by atoms with Gasteiger partial charge < -0.3 is 9.80 Å².